The van der Waals surface area contributed by atoms with Gasteiger partial charge in [0, 0.05) is 25.7 Å². The minimum absolute atomic E-state index is 0.0260. The molecular formula is C14H26N2O3. The number of nitrogens with zero attached hydrogens (tertiary/aromatic N) is 2. The highest BCUT2D eigenvalue weighted by Crippen LogP contribution is 2.17. The quantitative estimate of drug-likeness (QED) is 0.803. The molecule has 5 nitrogen and oxygen atoms in total. The Hall–Kier alpha value is -0.650. The van der Waals surface area contributed by atoms with Crippen LogP contribution >= 0.6 is 0 Å². The van der Waals surface area contributed by atoms with Gasteiger partial charge < -0.3 is 14.7 Å². The van der Waals surface area contributed by atoms with Gasteiger partial charge in [-0.05, 0) is 25.7 Å². The summed E-state index contributed by atoms with van der Waals surface area (Å²) in [6.07, 6.45) is 2.19. The zero-order valence-electron chi connectivity index (χ0n) is 12.0. The first kappa shape index (κ1) is 14.8. The number of carbonyl (C=O) groups is 1. The molecule has 2 fully saturated rings. The summed E-state index contributed by atoms with van der Waals surface area (Å²) in [5, 5.41) is 9.17. The van der Waals surface area contributed by atoms with Crippen molar-refractivity contribution in [3.8, 4) is 0 Å². The highest BCUT2D eigenvalue weighted by molar-refractivity contribution is 5.78. The molecule has 1 amide bonds. The molecule has 5 heteroatoms. The van der Waals surface area contributed by atoms with Crippen molar-refractivity contribution in [2.24, 2.45) is 5.92 Å². The van der Waals surface area contributed by atoms with Gasteiger partial charge in [0.25, 0.3) is 0 Å². The number of carbonyl (C=O) groups excluding carboxylic acids is 1. The lowest BCUT2D eigenvalue weighted by Gasteiger charge is -2.39. The van der Waals surface area contributed by atoms with E-state index in [1.807, 2.05) is 4.90 Å². The summed E-state index contributed by atoms with van der Waals surface area (Å²) in [5.74, 6) is 0.835. The number of rotatable bonds is 3. The molecule has 2 heterocycles. The normalized spacial score (nSPS) is 33.4. The van der Waals surface area contributed by atoms with Gasteiger partial charge in [0.15, 0.2) is 0 Å². The van der Waals surface area contributed by atoms with E-state index in [-0.39, 0.29) is 24.7 Å². The van der Waals surface area contributed by atoms with Gasteiger partial charge in [-0.1, -0.05) is 6.92 Å². The van der Waals surface area contributed by atoms with Crippen LogP contribution in [0.2, 0.25) is 0 Å². The smallest absolute Gasteiger partial charge is 0.236 e. The van der Waals surface area contributed by atoms with Crippen LogP contribution < -0.4 is 0 Å². The lowest BCUT2D eigenvalue weighted by Crippen LogP contribution is -2.53. The van der Waals surface area contributed by atoms with E-state index < -0.39 is 0 Å². The average molecular weight is 270 g/mol. The second-order valence-electron chi connectivity index (χ2n) is 6.00. The van der Waals surface area contributed by atoms with Crippen molar-refractivity contribution in [1.82, 2.24) is 9.80 Å². The highest BCUT2D eigenvalue weighted by atomic mass is 16.5. The number of ether oxygens (including phenoxy) is 1. The first-order valence-electron chi connectivity index (χ1n) is 7.34. The van der Waals surface area contributed by atoms with Crippen molar-refractivity contribution in [3.05, 3.63) is 0 Å². The maximum atomic E-state index is 12.3. The minimum Gasteiger partial charge on any atom is -0.394 e. The van der Waals surface area contributed by atoms with E-state index in [4.69, 9.17) is 9.84 Å². The summed E-state index contributed by atoms with van der Waals surface area (Å²) in [7, 11) is 0. The summed E-state index contributed by atoms with van der Waals surface area (Å²) in [6.45, 7) is 7.78. The molecule has 0 aromatic heterocycles. The molecule has 2 saturated heterocycles. The Kier molecular flexibility index (Phi) is 5.19. The van der Waals surface area contributed by atoms with Crippen LogP contribution in [0.4, 0.5) is 0 Å². The molecule has 0 aromatic rings. The third kappa shape index (κ3) is 3.91. The SMILES string of the molecule is CC1CCCN(C(=O)CN2CC(CO)OCC2C)C1. The Morgan fingerprint density at radius 1 is 1.37 bits per heavy atom. The van der Waals surface area contributed by atoms with Crippen LogP contribution in [0.1, 0.15) is 26.7 Å². The van der Waals surface area contributed by atoms with E-state index in [1.165, 1.54) is 6.42 Å². The fourth-order valence-corrected chi connectivity index (χ4v) is 2.90. The Morgan fingerprint density at radius 3 is 2.84 bits per heavy atom. The third-order valence-electron chi connectivity index (χ3n) is 4.19. The summed E-state index contributed by atoms with van der Waals surface area (Å²) >= 11 is 0. The standard InChI is InChI=1S/C14H26N2O3/c1-11-4-3-5-15(6-11)14(18)8-16-7-13(9-17)19-10-12(16)2/h11-13,17H,3-10H2,1-2H3. The third-order valence-corrected chi connectivity index (χ3v) is 4.19. The minimum atomic E-state index is -0.149. The first-order valence-corrected chi connectivity index (χ1v) is 7.34. The second-order valence-corrected chi connectivity index (χ2v) is 6.00. The van der Waals surface area contributed by atoms with Crippen molar-refractivity contribution in [2.75, 3.05) is 39.4 Å². The Morgan fingerprint density at radius 2 is 2.16 bits per heavy atom. The zero-order chi connectivity index (χ0) is 13.8. The van der Waals surface area contributed by atoms with Crippen LogP contribution in [-0.2, 0) is 9.53 Å². The molecule has 0 aliphatic carbocycles. The Balaban J connectivity index is 1.86. The Bertz CT molecular complexity index is 311. The van der Waals surface area contributed by atoms with Gasteiger partial charge in [0.05, 0.1) is 25.9 Å². The predicted octanol–water partition coefficient (Wildman–Crippen LogP) is 0.327. The monoisotopic (exact) mass is 270 g/mol. The van der Waals surface area contributed by atoms with Gasteiger partial charge in [-0.2, -0.15) is 0 Å². The number of aliphatic hydroxyl groups excluding tert-OH is 1. The van der Waals surface area contributed by atoms with Crippen LogP contribution in [-0.4, -0.2) is 72.4 Å². The van der Waals surface area contributed by atoms with Crippen molar-refractivity contribution >= 4 is 5.91 Å². The van der Waals surface area contributed by atoms with Crippen LogP contribution in [0, 0.1) is 5.92 Å². The molecule has 3 atom stereocenters. The van der Waals surface area contributed by atoms with E-state index in [9.17, 15) is 4.79 Å². The van der Waals surface area contributed by atoms with E-state index in [0.717, 1.165) is 19.5 Å². The van der Waals surface area contributed by atoms with Crippen LogP contribution in [0.5, 0.6) is 0 Å². The summed E-state index contributed by atoms with van der Waals surface area (Å²) in [6, 6.07) is 0.244. The van der Waals surface area contributed by atoms with Gasteiger partial charge in [-0.3, -0.25) is 9.69 Å². The molecule has 0 spiro atoms. The number of piperidine rings is 1. The van der Waals surface area contributed by atoms with Crippen LogP contribution in [0.25, 0.3) is 0 Å². The van der Waals surface area contributed by atoms with Gasteiger partial charge >= 0.3 is 0 Å². The summed E-state index contributed by atoms with van der Waals surface area (Å²) < 4.78 is 5.50. The maximum Gasteiger partial charge on any atom is 0.236 e. The average Bonchev–Trinajstić information content (AvgIpc) is 2.41. The fraction of sp³-hybridized carbons (Fsp3) is 0.929. The van der Waals surface area contributed by atoms with Gasteiger partial charge in [0.1, 0.15) is 0 Å². The molecule has 19 heavy (non-hydrogen) atoms. The van der Waals surface area contributed by atoms with E-state index >= 15 is 0 Å². The molecule has 0 radical (unpaired) electrons. The van der Waals surface area contributed by atoms with Crippen LogP contribution in [0.3, 0.4) is 0 Å². The fourth-order valence-electron chi connectivity index (χ4n) is 2.90. The molecular weight excluding hydrogens is 244 g/mol. The number of aliphatic hydroxyl groups is 1. The van der Waals surface area contributed by atoms with E-state index in [1.54, 1.807) is 0 Å². The molecule has 2 aliphatic rings. The second kappa shape index (κ2) is 6.68. The molecule has 0 aromatic carbocycles. The number of hydrogen-bond acceptors (Lipinski definition) is 4. The largest absolute Gasteiger partial charge is 0.394 e. The van der Waals surface area contributed by atoms with E-state index in [0.29, 0.717) is 25.6 Å². The molecule has 3 unspecified atom stereocenters. The number of morpholine rings is 1. The first-order chi connectivity index (χ1) is 9.10. The number of hydrogen-bond donors (Lipinski definition) is 1. The Labute approximate surface area is 115 Å². The van der Waals surface area contributed by atoms with Gasteiger partial charge in [-0.25, -0.2) is 0 Å². The van der Waals surface area contributed by atoms with Crippen molar-refractivity contribution < 1.29 is 14.6 Å². The lowest BCUT2D eigenvalue weighted by atomic mass is 10.0. The van der Waals surface area contributed by atoms with Gasteiger partial charge in [0.2, 0.25) is 5.91 Å². The van der Waals surface area contributed by atoms with Crippen LogP contribution in [0.15, 0.2) is 0 Å². The van der Waals surface area contributed by atoms with Gasteiger partial charge in [-0.15, -0.1) is 0 Å². The lowest BCUT2D eigenvalue weighted by molar-refractivity contribution is -0.139. The topological polar surface area (TPSA) is 53.0 Å². The molecule has 2 aliphatic heterocycles. The predicted molar refractivity (Wildman–Crippen MR) is 72.8 cm³/mol. The zero-order valence-corrected chi connectivity index (χ0v) is 12.0. The van der Waals surface area contributed by atoms with Crippen molar-refractivity contribution in [3.63, 3.8) is 0 Å². The van der Waals surface area contributed by atoms with Crippen molar-refractivity contribution in [2.45, 2.75) is 38.8 Å². The molecule has 2 rings (SSSR count). The molecule has 0 bridgehead atoms. The number of likely N-dealkylation sites (tertiary alicyclic amines) is 1. The molecule has 0 saturated carbocycles. The molecule has 110 valence electrons. The summed E-state index contributed by atoms with van der Waals surface area (Å²) in [5.41, 5.74) is 0. The summed E-state index contributed by atoms with van der Waals surface area (Å²) in [4.78, 5) is 16.5. The molecule has 1 N–H and O–H groups in total. The highest BCUT2D eigenvalue weighted by Gasteiger charge is 2.29. The maximum absolute atomic E-state index is 12.3. The number of amides is 1. The van der Waals surface area contributed by atoms with E-state index in [2.05, 4.69) is 18.7 Å². The van der Waals surface area contributed by atoms with Crippen molar-refractivity contribution in [1.29, 1.82) is 0 Å².